The molecule has 21 heavy (non-hydrogen) atoms. The van der Waals surface area contributed by atoms with Crippen molar-refractivity contribution in [2.75, 3.05) is 6.61 Å². The molecule has 1 fully saturated rings. The van der Waals surface area contributed by atoms with Gasteiger partial charge in [-0.2, -0.15) is 0 Å². The molecule has 1 amide bonds. The van der Waals surface area contributed by atoms with E-state index in [-0.39, 0.29) is 10.7 Å². The van der Waals surface area contributed by atoms with Crippen molar-refractivity contribution >= 4 is 34.5 Å². The molecule has 0 atom stereocenters. The minimum absolute atomic E-state index is 0.115. The van der Waals surface area contributed by atoms with Gasteiger partial charge in [0.25, 0.3) is 0 Å². The average Bonchev–Trinajstić information content (AvgIpc) is 2.82. The minimum atomic E-state index is -0.686. The summed E-state index contributed by atoms with van der Waals surface area (Å²) in [6.45, 7) is 0.416. The number of hydrogen-bond acceptors (Lipinski definition) is 4. The van der Waals surface area contributed by atoms with Crippen molar-refractivity contribution in [1.82, 2.24) is 9.55 Å². The van der Waals surface area contributed by atoms with Gasteiger partial charge in [-0.15, -0.1) is 0 Å². The second-order valence-electron chi connectivity index (χ2n) is 5.14. The highest BCUT2D eigenvalue weighted by atomic mass is 35.5. The monoisotopic (exact) mass is 307 g/mol. The minimum Gasteiger partial charge on any atom is -0.462 e. The van der Waals surface area contributed by atoms with Crippen LogP contribution in [-0.2, 0) is 4.74 Å². The summed E-state index contributed by atoms with van der Waals surface area (Å²) in [7, 11) is 0. The van der Waals surface area contributed by atoms with E-state index in [0.717, 1.165) is 17.4 Å². The molecule has 0 aromatic carbocycles. The van der Waals surface area contributed by atoms with Crippen molar-refractivity contribution in [2.24, 2.45) is 11.7 Å². The first-order chi connectivity index (χ1) is 10.1. The van der Waals surface area contributed by atoms with E-state index in [1.165, 1.54) is 18.8 Å². The molecule has 0 aliphatic heterocycles. The highest BCUT2D eigenvalue weighted by molar-refractivity contribution is 6.34. The highest BCUT2D eigenvalue weighted by Gasteiger charge is 2.22. The summed E-state index contributed by atoms with van der Waals surface area (Å²) in [5, 5.41) is 0.622. The maximum Gasteiger partial charge on any atom is 0.340 e. The number of carbonyl (C=O) groups excluding carboxylic acids is 2. The van der Waals surface area contributed by atoms with Gasteiger partial charge in [-0.05, 0) is 24.8 Å². The zero-order valence-corrected chi connectivity index (χ0v) is 12.0. The van der Waals surface area contributed by atoms with Crippen molar-refractivity contribution < 1.29 is 14.3 Å². The van der Waals surface area contributed by atoms with E-state index in [1.54, 1.807) is 6.07 Å². The van der Waals surface area contributed by atoms with Crippen LogP contribution in [0.5, 0.6) is 0 Å². The number of hydrogen-bond donors (Lipinski definition) is 1. The van der Waals surface area contributed by atoms with Crippen LogP contribution in [0.25, 0.3) is 10.9 Å². The van der Waals surface area contributed by atoms with E-state index in [0.29, 0.717) is 23.4 Å². The third-order valence-corrected chi connectivity index (χ3v) is 4.09. The normalized spacial score (nSPS) is 14.9. The van der Waals surface area contributed by atoms with Gasteiger partial charge in [0, 0.05) is 17.8 Å². The number of aromatic nitrogens is 2. The van der Waals surface area contributed by atoms with Gasteiger partial charge in [-0.1, -0.05) is 18.0 Å². The lowest BCUT2D eigenvalue weighted by Gasteiger charge is -2.24. The van der Waals surface area contributed by atoms with Gasteiger partial charge in [0.2, 0.25) is 0 Å². The molecular formula is C14H14ClN3O3. The molecule has 2 aromatic rings. The van der Waals surface area contributed by atoms with Crippen molar-refractivity contribution in [3.05, 3.63) is 29.2 Å². The number of ether oxygens (including phenoxy) is 1. The van der Waals surface area contributed by atoms with Crippen LogP contribution >= 0.6 is 11.6 Å². The standard InChI is InChI=1S/C14H14ClN3O3/c15-12-11-9(4-5-18(11)14(16)20)10(6-17-12)13(19)21-7-8-2-1-3-8/h4-6,8H,1-3,7H2,(H2,16,20). The van der Waals surface area contributed by atoms with E-state index >= 15 is 0 Å². The molecule has 0 unspecified atom stereocenters. The largest absolute Gasteiger partial charge is 0.462 e. The Balaban J connectivity index is 1.93. The Kier molecular flexibility index (Phi) is 3.55. The number of carbonyl (C=O) groups is 2. The summed E-state index contributed by atoms with van der Waals surface area (Å²) >= 11 is 5.99. The Morgan fingerprint density at radius 1 is 1.48 bits per heavy atom. The maximum atomic E-state index is 12.2. The molecule has 2 aromatic heterocycles. The SMILES string of the molecule is NC(=O)n1ccc2c(C(=O)OCC3CCC3)cnc(Cl)c21. The zero-order chi connectivity index (χ0) is 15.0. The fourth-order valence-electron chi connectivity index (χ4n) is 2.39. The van der Waals surface area contributed by atoms with Crippen molar-refractivity contribution in [2.45, 2.75) is 19.3 Å². The van der Waals surface area contributed by atoms with Gasteiger partial charge < -0.3 is 10.5 Å². The number of amides is 1. The number of esters is 1. The fourth-order valence-corrected chi connectivity index (χ4v) is 2.63. The second-order valence-corrected chi connectivity index (χ2v) is 5.50. The van der Waals surface area contributed by atoms with Gasteiger partial charge in [0.15, 0.2) is 5.15 Å². The van der Waals surface area contributed by atoms with Crippen LogP contribution in [0.15, 0.2) is 18.5 Å². The summed E-state index contributed by atoms with van der Waals surface area (Å²) < 4.78 is 6.46. The Bertz CT molecular complexity index is 722. The molecule has 0 saturated heterocycles. The molecule has 0 bridgehead atoms. The van der Waals surface area contributed by atoms with Gasteiger partial charge in [-0.3, -0.25) is 4.57 Å². The summed E-state index contributed by atoms with van der Waals surface area (Å²) in [6, 6.07) is 0.918. The van der Waals surface area contributed by atoms with Gasteiger partial charge in [0.1, 0.15) is 0 Å². The van der Waals surface area contributed by atoms with Crippen LogP contribution in [0, 0.1) is 5.92 Å². The molecule has 1 aliphatic carbocycles. The lowest BCUT2D eigenvalue weighted by Crippen LogP contribution is -2.20. The van der Waals surface area contributed by atoms with Crippen LogP contribution < -0.4 is 5.73 Å². The van der Waals surface area contributed by atoms with E-state index in [2.05, 4.69) is 4.98 Å². The topological polar surface area (TPSA) is 87.2 Å². The molecular weight excluding hydrogens is 294 g/mol. The lowest BCUT2D eigenvalue weighted by molar-refractivity contribution is 0.0373. The van der Waals surface area contributed by atoms with E-state index in [1.807, 2.05) is 0 Å². The van der Waals surface area contributed by atoms with Crippen LogP contribution in [0.3, 0.4) is 0 Å². The summed E-state index contributed by atoms with van der Waals surface area (Å²) in [6.07, 6.45) is 6.21. The fraction of sp³-hybridized carbons (Fsp3) is 0.357. The van der Waals surface area contributed by atoms with E-state index in [9.17, 15) is 9.59 Å². The zero-order valence-electron chi connectivity index (χ0n) is 11.2. The van der Waals surface area contributed by atoms with E-state index < -0.39 is 12.0 Å². The van der Waals surface area contributed by atoms with Gasteiger partial charge >= 0.3 is 12.0 Å². The molecule has 2 heterocycles. The number of pyridine rings is 1. The molecule has 1 saturated carbocycles. The Hall–Kier alpha value is -2.08. The van der Waals surface area contributed by atoms with Crippen LogP contribution in [-0.4, -0.2) is 28.2 Å². The third-order valence-electron chi connectivity index (χ3n) is 3.81. The lowest BCUT2D eigenvalue weighted by atomic mass is 9.86. The van der Waals surface area contributed by atoms with Crippen molar-refractivity contribution in [3.8, 4) is 0 Å². The number of nitrogens with zero attached hydrogens (tertiary/aromatic N) is 2. The summed E-state index contributed by atoms with van der Waals surface area (Å²) in [5.41, 5.74) is 5.87. The number of primary amides is 1. The first kappa shape index (κ1) is 13.9. The quantitative estimate of drug-likeness (QED) is 0.697. The molecule has 2 N–H and O–H groups in total. The van der Waals surface area contributed by atoms with Crippen LogP contribution in [0.4, 0.5) is 4.79 Å². The van der Waals surface area contributed by atoms with Gasteiger partial charge in [-0.25, -0.2) is 14.6 Å². The second kappa shape index (κ2) is 5.37. The average molecular weight is 308 g/mol. The molecule has 0 spiro atoms. The molecule has 7 heteroatoms. The number of halogens is 1. The molecule has 0 radical (unpaired) electrons. The van der Waals surface area contributed by atoms with Crippen molar-refractivity contribution in [1.29, 1.82) is 0 Å². The molecule has 1 aliphatic rings. The predicted octanol–water partition coefficient (Wildman–Crippen LogP) is 2.57. The summed E-state index contributed by atoms with van der Waals surface area (Å²) in [4.78, 5) is 27.5. The first-order valence-corrected chi connectivity index (χ1v) is 7.08. The van der Waals surface area contributed by atoms with E-state index in [4.69, 9.17) is 22.1 Å². The number of nitrogens with two attached hydrogens (primary N) is 1. The van der Waals surface area contributed by atoms with Crippen LogP contribution in [0.2, 0.25) is 5.15 Å². The van der Waals surface area contributed by atoms with Crippen molar-refractivity contribution in [3.63, 3.8) is 0 Å². The third kappa shape index (κ3) is 2.47. The first-order valence-electron chi connectivity index (χ1n) is 6.70. The Labute approximate surface area is 125 Å². The Morgan fingerprint density at radius 2 is 2.24 bits per heavy atom. The summed E-state index contributed by atoms with van der Waals surface area (Å²) in [5.74, 6) is -0.00166. The number of rotatable bonds is 3. The maximum absolute atomic E-state index is 12.2. The number of fused-ring (bicyclic) bond motifs is 1. The smallest absolute Gasteiger partial charge is 0.340 e. The molecule has 3 rings (SSSR count). The van der Waals surface area contributed by atoms with Crippen LogP contribution in [0.1, 0.15) is 29.6 Å². The predicted molar refractivity (Wildman–Crippen MR) is 77.3 cm³/mol. The molecule has 110 valence electrons. The van der Waals surface area contributed by atoms with Gasteiger partial charge in [0.05, 0.1) is 17.7 Å². The Morgan fingerprint density at radius 3 is 2.86 bits per heavy atom. The molecule has 6 nitrogen and oxygen atoms in total. The highest BCUT2D eigenvalue weighted by Crippen LogP contribution is 2.28.